The summed E-state index contributed by atoms with van der Waals surface area (Å²) in [4.78, 5) is 12.6. The van der Waals surface area contributed by atoms with Gasteiger partial charge in [-0.1, -0.05) is 41.9 Å². The Morgan fingerprint density at radius 2 is 1.91 bits per heavy atom. The molecule has 0 aliphatic rings. The molecule has 0 bridgehead atoms. The molecule has 0 spiro atoms. The minimum absolute atomic E-state index is 0.246. The highest BCUT2D eigenvalue weighted by molar-refractivity contribution is 6.32. The fourth-order valence-electron chi connectivity index (χ4n) is 3.17. The fraction of sp³-hybridized carbons (Fsp3) is 0.120. The zero-order valence-electron chi connectivity index (χ0n) is 17.4. The van der Waals surface area contributed by atoms with Crippen LogP contribution in [0, 0.1) is 12.7 Å². The van der Waals surface area contributed by atoms with E-state index in [0.717, 1.165) is 16.7 Å². The topological polar surface area (TPSA) is 56.1 Å². The third-order valence-corrected chi connectivity index (χ3v) is 5.13. The highest BCUT2D eigenvalue weighted by Crippen LogP contribution is 2.26. The lowest BCUT2D eigenvalue weighted by Gasteiger charge is -2.09. The number of aryl methyl sites for hydroxylation is 1. The Balaban J connectivity index is 1.34. The van der Waals surface area contributed by atoms with Crippen LogP contribution < -0.4 is 10.1 Å². The largest absolute Gasteiger partial charge is 0.487 e. The maximum Gasteiger partial charge on any atom is 0.255 e. The number of nitrogens with zero attached hydrogens (tertiary/aromatic N) is 2. The summed E-state index contributed by atoms with van der Waals surface area (Å²) in [6.45, 7) is 2.73. The Bertz CT molecular complexity index is 1240. The van der Waals surface area contributed by atoms with Crippen molar-refractivity contribution in [2.24, 2.45) is 0 Å². The summed E-state index contributed by atoms with van der Waals surface area (Å²) in [5.41, 5.74) is 3.85. The van der Waals surface area contributed by atoms with Crippen molar-refractivity contribution >= 4 is 23.2 Å². The van der Waals surface area contributed by atoms with Gasteiger partial charge in [-0.05, 0) is 60.0 Å². The number of halogens is 2. The molecule has 5 nitrogen and oxygen atoms in total. The number of aromatic nitrogens is 2. The van der Waals surface area contributed by atoms with Gasteiger partial charge >= 0.3 is 0 Å². The highest BCUT2D eigenvalue weighted by atomic mass is 35.5. The minimum atomic E-state index is -0.293. The van der Waals surface area contributed by atoms with E-state index in [4.69, 9.17) is 16.3 Å². The number of anilines is 1. The normalized spacial score (nSPS) is 10.7. The van der Waals surface area contributed by atoms with Gasteiger partial charge in [0.2, 0.25) is 0 Å². The molecule has 4 rings (SSSR count). The first-order valence-corrected chi connectivity index (χ1v) is 10.4. The molecule has 7 heteroatoms. The third kappa shape index (κ3) is 5.53. The van der Waals surface area contributed by atoms with Crippen molar-refractivity contribution in [1.29, 1.82) is 0 Å². The van der Waals surface area contributed by atoms with E-state index < -0.39 is 0 Å². The zero-order chi connectivity index (χ0) is 22.5. The van der Waals surface area contributed by atoms with Crippen molar-refractivity contribution in [1.82, 2.24) is 9.78 Å². The Morgan fingerprint density at radius 1 is 1.09 bits per heavy atom. The second kappa shape index (κ2) is 9.66. The Labute approximate surface area is 190 Å². The second-order valence-corrected chi connectivity index (χ2v) is 7.84. The molecule has 1 amide bonds. The molecule has 3 aromatic carbocycles. The number of hydrogen-bond donors (Lipinski definition) is 1. The van der Waals surface area contributed by atoms with Crippen LogP contribution in [0.4, 0.5) is 10.1 Å². The summed E-state index contributed by atoms with van der Waals surface area (Å²) in [7, 11) is 0. The second-order valence-electron chi connectivity index (χ2n) is 7.43. The molecule has 1 heterocycles. The smallest absolute Gasteiger partial charge is 0.255 e. The quantitative estimate of drug-likeness (QED) is 0.384. The summed E-state index contributed by atoms with van der Waals surface area (Å²) in [5, 5.41) is 7.60. The third-order valence-electron chi connectivity index (χ3n) is 4.82. The summed E-state index contributed by atoms with van der Waals surface area (Å²) in [6.07, 6.45) is 3.27. The van der Waals surface area contributed by atoms with Crippen LogP contribution in [0.25, 0.3) is 0 Å². The molecule has 0 unspecified atom stereocenters. The number of carbonyl (C=O) groups is 1. The molecule has 0 fully saturated rings. The average molecular weight is 450 g/mol. The summed E-state index contributed by atoms with van der Waals surface area (Å²) in [6, 6.07) is 19.1. The van der Waals surface area contributed by atoms with Crippen molar-refractivity contribution in [2.75, 3.05) is 5.32 Å². The number of nitrogens with one attached hydrogen (secondary N) is 1. The average Bonchev–Trinajstić information content (AvgIpc) is 3.21. The van der Waals surface area contributed by atoms with Crippen LogP contribution in [0.2, 0.25) is 5.02 Å². The number of amides is 1. The molecule has 0 atom stereocenters. The first-order valence-electron chi connectivity index (χ1n) is 10.0. The van der Waals surface area contributed by atoms with Gasteiger partial charge in [0, 0.05) is 11.8 Å². The van der Waals surface area contributed by atoms with Gasteiger partial charge in [0.25, 0.3) is 5.91 Å². The number of rotatable bonds is 7. The summed E-state index contributed by atoms with van der Waals surface area (Å²) in [5.74, 6) is 0.0900. The van der Waals surface area contributed by atoms with Crippen molar-refractivity contribution in [3.63, 3.8) is 0 Å². The molecule has 0 aliphatic carbocycles. The van der Waals surface area contributed by atoms with Crippen molar-refractivity contribution in [2.45, 2.75) is 20.1 Å². The van der Waals surface area contributed by atoms with Crippen molar-refractivity contribution < 1.29 is 13.9 Å². The maximum atomic E-state index is 13.3. The summed E-state index contributed by atoms with van der Waals surface area (Å²) >= 11 is 6.16. The summed E-state index contributed by atoms with van der Waals surface area (Å²) < 4.78 is 20.8. The number of ether oxygens (including phenoxy) is 1. The van der Waals surface area contributed by atoms with Crippen molar-refractivity contribution in [3.05, 3.63) is 112 Å². The van der Waals surface area contributed by atoms with Crippen LogP contribution in [0.15, 0.2) is 79.1 Å². The molecule has 1 aromatic heterocycles. The van der Waals surface area contributed by atoms with Crippen LogP contribution in [0.3, 0.4) is 0 Å². The van der Waals surface area contributed by atoms with Gasteiger partial charge in [0.1, 0.15) is 18.2 Å². The maximum absolute atomic E-state index is 13.3. The van der Waals surface area contributed by atoms with Gasteiger partial charge < -0.3 is 10.1 Å². The van der Waals surface area contributed by atoms with E-state index in [1.165, 1.54) is 12.1 Å². The van der Waals surface area contributed by atoms with Crippen LogP contribution in [0.5, 0.6) is 5.75 Å². The molecule has 0 radical (unpaired) electrons. The van der Waals surface area contributed by atoms with Crippen LogP contribution in [-0.4, -0.2) is 15.7 Å². The van der Waals surface area contributed by atoms with E-state index in [-0.39, 0.29) is 11.7 Å². The molecule has 0 saturated carbocycles. The van der Waals surface area contributed by atoms with E-state index in [0.29, 0.717) is 35.2 Å². The first-order chi connectivity index (χ1) is 15.5. The Kier molecular flexibility index (Phi) is 6.52. The lowest BCUT2D eigenvalue weighted by molar-refractivity contribution is 0.102. The Morgan fingerprint density at radius 3 is 2.69 bits per heavy atom. The van der Waals surface area contributed by atoms with E-state index in [1.54, 1.807) is 41.3 Å². The lowest BCUT2D eigenvalue weighted by atomic mass is 10.1. The van der Waals surface area contributed by atoms with Gasteiger partial charge in [0.15, 0.2) is 0 Å². The monoisotopic (exact) mass is 449 g/mol. The molecule has 0 saturated heterocycles. The molecular weight excluding hydrogens is 429 g/mol. The number of carbonyl (C=O) groups excluding carboxylic acids is 1. The zero-order valence-corrected chi connectivity index (χ0v) is 18.1. The number of hydrogen-bond acceptors (Lipinski definition) is 3. The predicted octanol–water partition coefficient (Wildman–Crippen LogP) is 5.86. The van der Waals surface area contributed by atoms with Crippen LogP contribution in [0.1, 0.15) is 27.0 Å². The molecular formula is C25H21ClFN3O2. The van der Waals surface area contributed by atoms with E-state index in [2.05, 4.69) is 10.4 Å². The fourth-order valence-corrected chi connectivity index (χ4v) is 3.35. The first kappa shape index (κ1) is 21.6. The molecule has 0 aliphatic heterocycles. The van der Waals surface area contributed by atoms with Gasteiger partial charge in [-0.2, -0.15) is 5.10 Å². The molecule has 32 heavy (non-hydrogen) atoms. The van der Waals surface area contributed by atoms with E-state index >= 15 is 0 Å². The van der Waals surface area contributed by atoms with Crippen LogP contribution in [-0.2, 0) is 13.2 Å². The lowest BCUT2D eigenvalue weighted by Crippen LogP contribution is -2.11. The Hall–Kier alpha value is -3.64. The van der Waals surface area contributed by atoms with E-state index in [1.807, 2.05) is 37.3 Å². The molecule has 162 valence electrons. The van der Waals surface area contributed by atoms with Gasteiger partial charge in [-0.25, -0.2) is 4.39 Å². The van der Waals surface area contributed by atoms with Gasteiger partial charge in [-0.3, -0.25) is 9.48 Å². The van der Waals surface area contributed by atoms with Crippen LogP contribution >= 0.6 is 11.6 Å². The highest BCUT2D eigenvalue weighted by Gasteiger charge is 2.09. The minimum Gasteiger partial charge on any atom is -0.487 e. The standard InChI is InChI=1S/C25H21ClFN3O2/c1-17-5-10-23(26)24(11-17)32-16-18-6-8-20(9-7-18)25(31)29-22-13-28-30(15-22)14-19-3-2-4-21(27)12-19/h2-13,15H,14,16H2,1H3,(H,29,31). The number of benzene rings is 3. The van der Waals surface area contributed by atoms with E-state index in [9.17, 15) is 9.18 Å². The SMILES string of the molecule is Cc1ccc(Cl)c(OCc2ccc(C(=O)Nc3cnn(Cc4cccc(F)c4)c3)cc2)c1. The molecule has 1 N–H and O–H groups in total. The van der Waals surface area contributed by atoms with Gasteiger partial charge in [0.05, 0.1) is 23.5 Å². The predicted molar refractivity (Wildman–Crippen MR) is 123 cm³/mol. The van der Waals surface area contributed by atoms with Gasteiger partial charge in [-0.15, -0.1) is 0 Å². The van der Waals surface area contributed by atoms with Crippen molar-refractivity contribution in [3.8, 4) is 5.75 Å². The molecule has 4 aromatic rings.